The molecule has 0 bridgehead atoms. The molecule has 3 nitrogen and oxygen atoms in total. The maximum atomic E-state index is 12.1. The topological polar surface area (TPSA) is 39.4 Å². The van der Waals surface area contributed by atoms with Crippen molar-refractivity contribution < 1.29 is 8.84 Å². The molecular formula is C19H26O3Si. The van der Waals surface area contributed by atoms with Crippen LogP contribution >= 0.6 is 0 Å². The molecule has 0 atom stereocenters. The second-order valence-electron chi connectivity index (χ2n) is 8.07. The first-order valence-corrected chi connectivity index (χ1v) is 11.4. The van der Waals surface area contributed by atoms with Crippen molar-refractivity contribution >= 4 is 19.3 Å². The summed E-state index contributed by atoms with van der Waals surface area (Å²) in [4.78, 5) is 12.1. The van der Waals surface area contributed by atoms with Crippen molar-refractivity contribution in [2.45, 2.75) is 64.6 Å². The van der Waals surface area contributed by atoms with Gasteiger partial charge in [-0.05, 0) is 67.6 Å². The molecule has 124 valence electrons. The van der Waals surface area contributed by atoms with Gasteiger partial charge in [-0.25, -0.2) is 4.79 Å². The fraction of sp³-hybridized carbons (Fsp3) is 0.526. The number of aryl methyl sites for hydroxylation is 1. The maximum Gasteiger partial charge on any atom is 0.339 e. The van der Waals surface area contributed by atoms with Crippen LogP contribution in [0.4, 0.5) is 0 Å². The van der Waals surface area contributed by atoms with Crippen molar-refractivity contribution in [2.75, 3.05) is 0 Å². The molecule has 0 fully saturated rings. The highest BCUT2D eigenvalue weighted by Crippen LogP contribution is 2.38. The average Bonchev–Trinajstić information content (AvgIpc) is 2.47. The first-order valence-electron chi connectivity index (χ1n) is 8.47. The van der Waals surface area contributed by atoms with E-state index in [1.165, 1.54) is 5.56 Å². The van der Waals surface area contributed by atoms with Gasteiger partial charge in [0, 0.05) is 10.9 Å². The van der Waals surface area contributed by atoms with Gasteiger partial charge in [0.2, 0.25) is 8.32 Å². The van der Waals surface area contributed by atoms with Crippen LogP contribution in [0.25, 0.3) is 11.0 Å². The van der Waals surface area contributed by atoms with E-state index in [-0.39, 0.29) is 10.7 Å². The van der Waals surface area contributed by atoms with E-state index in [0.717, 1.165) is 42.4 Å². The average molecular weight is 331 g/mol. The monoisotopic (exact) mass is 330 g/mol. The van der Waals surface area contributed by atoms with Crippen LogP contribution in [0.1, 0.15) is 44.7 Å². The predicted octanol–water partition coefficient (Wildman–Crippen LogP) is 5.06. The zero-order valence-corrected chi connectivity index (χ0v) is 15.8. The number of fused-ring (bicyclic) bond motifs is 3. The third kappa shape index (κ3) is 2.96. The molecule has 0 aliphatic heterocycles. The van der Waals surface area contributed by atoms with E-state index in [9.17, 15) is 4.79 Å². The van der Waals surface area contributed by atoms with Crippen molar-refractivity contribution in [1.29, 1.82) is 0 Å². The second-order valence-corrected chi connectivity index (χ2v) is 12.8. The van der Waals surface area contributed by atoms with E-state index in [1.54, 1.807) is 0 Å². The molecule has 1 aliphatic carbocycles. The van der Waals surface area contributed by atoms with Crippen molar-refractivity contribution in [3.8, 4) is 5.75 Å². The highest BCUT2D eigenvalue weighted by Gasteiger charge is 2.39. The third-order valence-corrected chi connectivity index (χ3v) is 9.73. The summed E-state index contributed by atoms with van der Waals surface area (Å²) in [5, 5.41) is 1.21. The lowest BCUT2D eigenvalue weighted by Crippen LogP contribution is -2.43. The van der Waals surface area contributed by atoms with Crippen LogP contribution in [-0.4, -0.2) is 8.32 Å². The first kappa shape index (κ1) is 16.3. The van der Waals surface area contributed by atoms with Crippen molar-refractivity contribution in [3.05, 3.63) is 39.7 Å². The van der Waals surface area contributed by atoms with Gasteiger partial charge in [-0.2, -0.15) is 0 Å². The lowest BCUT2D eigenvalue weighted by atomic mass is 9.91. The number of benzene rings is 1. The van der Waals surface area contributed by atoms with E-state index < -0.39 is 8.32 Å². The van der Waals surface area contributed by atoms with Crippen LogP contribution in [0.5, 0.6) is 5.75 Å². The van der Waals surface area contributed by atoms with E-state index in [1.807, 2.05) is 12.1 Å². The zero-order chi connectivity index (χ0) is 16.8. The summed E-state index contributed by atoms with van der Waals surface area (Å²) in [6.07, 6.45) is 4.00. The Labute approximate surface area is 138 Å². The highest BCUT2D eigenvalue weighted by atomic mass is 28.4. The molecule has 0 radical (unpaired) electrons. The number of rotatable bonds is 2. The molecule has 0 N–H and O–H groups in total. The minimum atomic E-state index is -1.87. The van der Waals surface area contributed by atoms with Gasteiger partial charge in [-0.15, -0.1) is 0 Å². The molecule has 1 heterocycles. The predicted molar refractivity (Wildman–Crippen MR) is 97.0 cm³/mol. The third-order valence-electron chi connectivity index (χ3n) is 5.37. The summed E-state index contributed by atoms with van der Waals surface area (Å²) in [7, 11) is -1.87. The van der Waals surface area contributed by atoms with Gasteiger partial charge in [0.05, 0.1) is 0 Å². The SMILES string of the molecule is CC(C)(C)[Si](C)(C)Oc1ccc2oc(=O)c3c(c2c1)CCCC3. The first-order chi connectivity index (χ1) is 10.7. The van der Waals surface area contributed by atoms with Gasteiger partial charge in [-0.1, -0.05) is 20.8 Å². The molecule has 0 saturated carbocycles. The van der Waals surface area contributed by atoms with Crippen LogP contribution in [-0.2, 0) is 12.8 Å². The van der Waals surface area contributed by atoms with Gasteiger partial charge in [0.25, 0.3) is 0 Å². The molecule has 4 heteroatoms. The molecule has 0 amide bonds. The Kier molecular flexibility index (Phi) is 3.91. The van der Waals surface area contributed by atoms with Crippen LogP contribution in [0, 0.1) is 0 Å². The summed E-state index contributed by atoms with van der Waals surface area (Å²) >= 11 is 0. The van der Waals surface area contributed by atoms with Crippen molar-refractivity contribution in [1.82, 2.24) is 0 Å². The summed E-state index contributed by atoms with van der Waals surface area (Å²) in [6.45, 7) is 11.2. The lowest BCUT2D eigenvalue weighted by molar-refractivity contribution is 0.491. The Morgan fingerprint density at radius 3 is 2.39 bits per heavy atom. The summed E-state index contributed by atoms with van der Waals surface area (Å²) < 4.78 is 11.9. The van der Waals surface area contributed by atoms with E-state index >= 15 is 0 Å². The quantitative estimate of drug-likeness (QED) is 0.571. The van der Waals surface area contributed by atoms with Crippen LogP contribution in [0.2, 0.25) is 18.1 Å². The van der Waals surface area contributed by atoms with Gasteiger partial charge in [-0.3, -0.25) is 0 Å². The fourth-order valence-corrected chi connectivity index (χ4v) is 3.96. The molecule has 3 rings (SSSR count). The Balaban J connectivity index is 2.09. The lowest BCUT2D eigenvalue weighted by Gasteiger charge is -2.36. The molecule has 1 aliphatic rings. The molecule has 0 unspecified atom stereocenters. The van der Waals surface area contributed by atoms with Gasteiger partial charge in [0.15, 0.2) is 0 Å². The largest absolute Gasteiger partial charge is 0.543 e. The van der Waals surface area contributed by atoms with Crippen molar-refractivity contribution in [2.24, 2.45) is 0 Å². The minimum absolute atomic E-state index is 0.157. The second kappa shape index (κ2) is 5.51. The minimum Gasteiger partial charge on any atom is -0.543 e. The Bertz CT molecular complexity index is 797. The van der Waals surface area contributed by atoms with E-state index in [0.29, 0.717) is 5.58 Å². The van der Waals surface area contributed by atoms with Crippen LogP contribution in [0.15, 0.2) is 27.4 Å². The highest BCUT2D eigenvalue weighted by molar-refractivity contribution is 6.74. The number of hydrogen-bond donors (Lipinski definition) is 0. The number of hydrogen-bond acceptors (Lipinski definition) is 3. The molecule has 0 saturated heterocycles. The van der Waals surface area contributed by atoms with Gasteiger partial charge in [0.1, 0.15) is 11.3 Å². The molecule has 0 spiro atoms. The molecule has 23 heavy (non-hydrogen) atoms. The van der Waals surface area contributed by atoms with E-state index in [4.69, 9.17) is 8.84 Å². The van der Waals surface area contributed by atoms with E-state index in [2.05, 4.69) is 39.9 Å². The normalized spacial score (nSPS) is 15.5. The van der Waals surface area contributed by atoms with Crippen LogP contribution < -0.4 is 10.1 Å². The molecule has 1 aromatic heterocycles. The fourth-order valence-electron chi connectivity index (χ4n) is 2.93. The van der Waals surface area contributed by atoms with Crippen LogP contribution in [0.3, 0.4) is 0 Å². The summed E-state index contributed by atoms with van der Waals surface area (Å²) in [6, 6.07) is 5.89. The summed E-state index contributed by atoms with van der Waals surface area (Å²) in [5.41, 5.74) is 2.56. The Hall–Kier alpha value is -1.55. The molecule has 1 aromatic carbocycles. The Morgan fingerprint density at radius 1 is 1.09 bits per heavy atom. The smallest absolute Gasteiger partial charge is 0.339 e. The summed E-state index contributed by atoms with van der Waals surface area (Å²) in [5.74, 6) is 0.894. The van der Waals surface area contributed by atoms with Crippen molar-refractivity contribution in [3.63, 3.8) is 0 Å². The Morgan fingerprint density at radius 2 is 1.74 bits per heavy atom. The molecule has 2 aromatic rings. The van der Waals surface area contributed by atoms with Gasteiger partial charge < -0.3 is 8.84 Å². The zero-order valence-electron chi connectivity index (χ0n) is 14.8. The standard InChI is InChI=1S/C19H26O3Si/c1-19(2,3)23(4,5)22-13-10-11-17-16(12-13)14-8-6-7-9-15(14)18(20)21-17/h10-12H,6-9H2,1-5H3. The van der Waals surface area contributed by atoms with Gasteiger partial charge >= 0.3 is 5.63 Å². The maximum absolute atomic E-state index is 12.1. The molecular weight excluding hydrogens is 304 g/mol.